The van der Waals surface area contributed by atoms with Crippen LogP contribution in [0.15, 0.2) is 29.2 Å². The van der Waals surface area contributed by atoms with Crippen molar-refractivity contribution in [2.24, 2.45) is 0 Å². The van der Waals surface area contributed by atoms with E-state index in [1.165, 1.54) is 6.07 Å². The molecule has 1 rings (SSSR count). The first kappa shape index (κ1) is 15.5. The average Bonchev–Trinajstić information content (AvgIpc) is 2.27. The smallest absolute Gasteiger partial charge is 0.321 e. The molecule has 0 radical (unpaired) electrons. The first-order valence-corrected chi connectivity index (χ1v) is 6.46. The van der Waals surface area contributed by atoms with Crippen molar-refractivity contribution >= 4 is 23.6 Å². The number of hydrogen-bond acceptors (Lipinski definition) is 6. The number of benzene rings is 1. The molecule has 6 nitrogen and oxygen atoms in total. The Bertz CT molecular complexity index is 471. The Balaban J connectivity index is 2.50. The molecule has 0 bridgehead atoms. The van der Waals surface area contributed by atoms with Gasteiger partial charge >= 0.3 is 5.97 Å². The summed E-state index contributed by atoms with van der Waals surface area (Å²) in [5, 5.41) is 10.8. The van der Waals surface area contributed by atoms with Crippen LogP contribution < -0.4 is 4.72 Å². The van der Waals surface area contributed by atoms with Crippen LogP contribution in [0.1, 0.15) is 20.8 Å². The van der Waals surface area contributed by atoms with Crippen molar-refractivity contribution in [2.75, 3.05) is 6.54 Å². The van der Waals surface area contributed by atoms with E-state index in [1.807, 2.05) is 0 Å². The number of rotatable bonds is 5. The Morgan fingerprint density at radius 3 is 2.63 bits per heavy atom. The maximum Gasteiger partial charge on any atom is 0.321 e. The molecule has 1 aromatic rings. The molecular weight excluding hydrogens is 268 g/mol. The van der Waals surface area contributed by atoms with Gasteiger partial charge in [0.15, 0.2) is 0 Å². The highest BCUT2D eigenvalue weighted by Crippen LogP contribution is 2.26. The van der Waals surface area contributed by atoms with E-state index in [4.69, 9.17) is 4.74 Å². The SMILES string of the molecule is CC(C)(C)OC(=O)CNSc1ccccc1[N+](=O)[O-]. The molecule has 0 heterocycles. The predicted octanol–water partition coefficient (Wildman–Crippen LogP) is 2.53. The molecular formula is C12H16N2O4S. The quantitative estimate of drug-likeness (QED) is 0.387. The number of para-hydroxylation sites is 1. The van der Waals surface area contributed by atoms with E-state index in [2.05, 4.69) is 4.72 Å². The molecule has 0 spiro atoms. The maximum atomic E-state index is 11.4. The van der Waals surface area contributed by atoms with Crippen LogP contribution in [0.2, 0.25) is 0 Å². The minimum atomic E-state index is -0.540. The minimum absolute atomic E-state index is 0.00388. The van der Waals surface area contributed by atoms with Crippen LogP contribution in [0, 0.1) is 10.1 Å². The molecule has 0 amide bonds. The predicted molar refractivity (Wildman–Crippen MR) is 72.8 cm³/mol. The van der Waals surface area contributed by atoms with Gasteiger partial charge in [-0.1, -0.05) is 12.1 Å². The van der Waals surface area contributed by atoms with Crippen molar-refractivity contribution in [3.8, 4) is 0 Å². The number of nitrogens with zero attached hydrogens (tertiary/aromatic N) is 1. The highest BCUT2D eigenvalue weighted by atomic mass is 32.2. The van der Waals surface area contributed by atoms with Crippen LogP contribution in [0.4, 0.5) is 5.69 Å². The summed E-state index contributed by atoms with van der Waals surface area (Å²) in [5.74, 6) is -0.404. The third-order valence-corrected chi connectivity index (χ3v) is 2.73. The van der Waals surface area contributed by atoms with Gasteiger partial charge in [0.25, 0.3) is 5.69 Å². The second-order valence-electron chi connectivity index (χ2n) is 4.73. The van der Waals surface area contributed by atoms with Crippen molar-refractivity contribution in [1.82, 2.24) is 4.72 Å². The van der Waals surface area contributed by atoms with Crippen molar-refractivity contribution in [2.45, 2.75) is 31.3 Å². The highest BCUT2D eigenvalue weighted by molar-refractivity contribution is 7.97. The monoisotopic (exact) mass is 284 g/mol. The van der Waals surface area contributed by atoms with Crippen LogP contribution in [-0.2, 0) is 9.53 Å². The van der Waals surface area contributed by atoms with Crippen LogP contribution in [-0.4, -0.2) is 23.0 Å². The van der Waals surface area contributed by atoms with Gasteiger partial charge in [-0.25, -0.2) is 4.72 Å². The molecule has 104 valence electrons. The van der Waals surface area contributed by atoms with Gasteiger partial charge in [-0.3, -0.25) is 14.9 Å². The van der Waals surface area contributed by atoms with E-state index >= 15 is 0 Å². The van der Waals surface area contributed by atoms with Crippen LogP contribution in [0.5, 0.6) is 0 Å². The van der Waals surface area contributed by atoms with Gasteiger partial charge < -0.3 is 4.74 Å². The van der Waals surface area contributed by atoms with E-state index in [0.29, 0.717) is 4.90 Å². The summed E-state index contributed by atoms with van der Waals surface area (Å²) in [4.78, 5) is 22.2. The fourth-order valence-corrected chi connectivity index (χ4v) is 1.98. The van der Waals surface area contributed by atoms with Gasteiger partial charge in [-0.2, -0.15) is 0 Å². The van der Waals surface area contributed by atoms with Gasteiger partial charge in [0.1, 0.15) is 17.0 Å². The topological polar surface area (TPSA) is 81.5 Å². The second kappa shape index (κ2) is 6.53. The Kier molecular flexibility index (Phi) is 5.31. The molecule has 0 atom stereocenters. The molecule has 0 saturated carbocycles. The van der Waals surface area contributed by atoms with E-state index in [9.17, 15) is 14.9 Å². The zero-order chi connectivity index (χ0) is 14.5. The van der Waals surface area contributed by atoms with E-state index in [1.54, 1.807) is 39.0 Å². The Hall–Kier alpha value is -1.60. The van der Waals surface area contributed by atoms with Gasteiger partial charge in [-0.05, 0) is 38.8 Å². The molecule has 1 aromatic carbocycles. The van der Waals surface area contributed by atoms with Gasteiger partial charge in [0, 0.05) is 6.07 Å². The molecule has 19 heavy (non-hydrogen) atoms. The largest absolute Gasteiger partial charge is 0.459 e. The van der Waals surface area contributed by atoms with Gasteiger partial charge in [-0.15, -0.1) is 0 Å². The summed E-state index contributed by atoms with van der Waals surface area (Å²) in [7, 11) is 0. The first-order valence-electron chi connectivity index (χ1n) is 5.64. The number of carbonyl (C=O) groups excluding carboxylic acids is 1. The molecule has 7 heteroatoms. The normalized spacial score (nSPS) is 11.1. The van der Waals surface area contributed by atoms with Crippen LogP contribution in [0.25, 0.3) is 0 Å². The maximum absolute atomic E-state index is 11.4. The average molecular weight is 284 g/mol. The molecule has 0 saturated heterocycles. The van der Waals surface area contributed by atoms with Crippen molar-refractivity contribution < 1.29 is 14.5 Å². The fourth-order valence-electron chi connectivity index (χ4n) is 1.24. The van der Waals surface area contributed by atoms with Crippen LogP contribution >= 0.6 is 11.9 Å². The molecule has 0 unspecified atom stereocenters. The summed E-state index contributed by atoms with van der Waals surface area (Å²) in [6.07, 6.45) is 0. The molecule has 0 aliphatic rings. The number of carbonyl (C=O) groups is 1. The number of nitro benzene ring substituents is 1. The standard InChI is InChI=1S/C12H16N2O4S/c1-12(2,3)18-11(15)8-13-19-10-7-5-4-6-9(10)14(16)17/h4-7,13H,8H2,1-3H3. The number of nitro groups is 1. The van der Waals surface area contributed by atoms with Gasteiger partial charge in [0.2, 0.25) is 0 Å². The molecule has 0 aromatic heterocycles. The number of nitrogens with one attached hydrogen (secondary N) is 1. The van der Waals surface area contributed by atoms with E-state index in [-0.39, 0.29) is 12.2 Å². The summed E-state index contributed by atoms with van der Waals surface area (Å²) < 4.78 is 7.86. The molecule has 0 aliphatic heterocycles. The Morgan fingerprint density at radius 2 is 2.05 bits per heavy atom. The first-order chi connectivity index (χ1) is 8.79. The molecule has 0 fully saturated rings. The van der Waals surface area contributed by atoms with Crippen molar-refractivity contribution in [3.05, 3.63) is 34.4 Å². The van der Waals surface area contributed by atoms with Crippen molar-refractivity contribution in [3.63, 3.8) is 0 Å². The number of hydrogen-bond donors (Lipinski definition) is 1. The number of ether oxygens (including phenoxy) is 1. The lowest BCUT2D eigenvalue weighted by molar-refractivity contribution is -0.387. The fraction of sp³-hybridized carbons (Fsp3) is 0.417. The van der Waals surface area contributed by atoms with E-state index < -0.39 is 16.5 Å². The zero-order valence-corrected chi connectivity index (χ0v) is 11.8. The molecule has 0 aliphatic carbocycles. The molecule has 1 N–H and O–H groups in total. The zero-order valence-electron chi connectivity index (χ0n) is 11.0. The summed E-state index contributed by atoms with van der Waals surface area (Å²) in [5.41, 5.74) is -0.536. The van der Waals surface area contributed by atoms with E-state index in [0.717, 1.165) is 11.9 Å². The summed E-state index contributed by atoms with van der Waals surface area (Å²) in [6.45, 7) is 5.31. The Labute approximate surface area is 115 Å². The highest BCUT2D eigenvalue weighted by Gasteiger charge is 2.17. The summed E-state index contributed by atoms with van der Waals surface area (Å²) >= 11 is 1.04. The lowest BCUT2D eigenvalue weighted by atomic mass is 10.2. The van der Waals surface area contributed by atoms with Crippen molar-refractivity contribution in [1.29, 1.82) is 0 Å². The minimum Gasteiger partial charge on any atom is -0.459 e. The van der Waals surface area contributed by atoms with Gasteiger partial charge in [0.05, 0.1) is 4.92 Å². The lowest BCUT2D eigenvalue weighted by Crippen LogP contribution is -2.29. The Morgan fingerprint density at radius 1 is 1.42 bits per heavy atom. The van der Waals surface area contributed by atoms with Crippen LogP contribution in [0.3, 0.4) is 0 Å². The second-order valence-corrected chi connectivity index (χ2v) is 5.67. The third-order valence-electron chi connectivity index (χ3n) is 1.88. The summed E-state index contributed by atoms with van der Waals surface area (Å²) in [6, 6.07) is 6.32. The third kappa shape index (κ3) is 5.71. The lowest BCUT2D eigenvalue weighted by Gasteiger charge is -2.19. The number of esters is 1.